The van der Waals surface area contributed by atoms with Gasteiger partial charge in [0.2, 0.25) is 0 Å². The molecule has 0 amide bonds. The Hall–Kier alpha value is -2.16. The minimum absolute atomic E-state index is 0.294. The summed E-state index contributed by atoms with van der Waals surface area (Å²) in [7, 11) is 1.68. The van der Waals surface area contributed by atoms with Gasteiger partial charge in [-0.05, 0) is 60.7 Å². The lowest BCUT2D eigenvalue weighted by Crippen LogP contribution is -2.12. The van der Waals surface area contributed by atoms with Crippen molar-refractivity contribution in [1.29, 1.82) is 0 Å². The molecule has 0 spiro atoms. The van der Waals surface area contributed by atoms with Gasteiger partial charge in [0, 0.05) is 5.69 Å². The van der Waals surface area contributed by atoms with Crippen LogP contribution < -0.4 is 10.1 Å². The molecule has 104 valence electrons. The molecule has 0 bridgehead atoms. The fourth-order valence-corrected chi connectivity index (χ4v) is 2.45. The highest BCUT2D eigenvalue weighted by Crippen LogP contribution is 2.43. The Bertz CT molecular complexity index is 559. The summed E-state index contributed by atoms with van der Waals surface area (Å²) in [4.78, 5) is 0. The molecule has 0 saturated heterocycles. The third-order valence-corrected chi connectivity index (χ3v) is 3.76. The van der Waals surface area contributed by atoms with Crippen molar-refractivity contribution in [3.05, 3.63) is 54.1 Å². The molecule has 3 heteroatoms. The number of hydrogen-bond donors (Lipinski definition) is 2. The van der Waals surface area contributed by atoms with E-state index in [1.54, 1.807) is 19.2 Å². The topological polar surface area (TPSA) is 41.5 Å². The van der Waals surface area contributed by atoms with Gasteiger partial charge in [-0.3, -0.25) is 0 Å². The molecule has 1 aliphatic rings. The van der Waals surface area contributed by atoms with Gasteiger partial charge in [0.15, 0.2) is 0 Å². The lowest BCUT2D eigenvalue weighted by molar-refractivity contribution is 0.414. The van der Waals surface area contributed by atoms with Crippen LogP contribution in [0.3, 0.4) is 0 Å². The first-order chi connectivity index (χ1) is 9.76. The molecule has 20 heavy (non-hydrogen) atoms. The zero-order valence-corrected chi connectivity index (χ0v) is 11.5. The van der Waals surface area contributed by atoms with Crippen LogP contribution in [0.1, 0.15) is 24.4 Å². The van der Waals surface area contributed by atoms with Gasteiger partial charge < -0.3 is 15.2 Å². The van der Waals surface area contributed by atoms with Crippen molar-refractivity contribution in [2.75, 3.05) is 12.4 Å². The van der Waals surface area contributed by atoms with Gasteiger partial charge in [-0.15, -0.1) is 0 Å². The third kappa shape index (κ3) is 2.87. The minimum atomic E-state index is 0.294. The van der Waals surface area contributed by atoms with Crippen LogP contribution in [0.25, 0.3) is 0 Å². The first-order valence-corrected chi connectivity index (χ1v) is 6.96. The minimum Gasteiger partial charge on any atom is -0.508 e. The van der Waals surface area contributed by atoms with E-state index in [2.05, 4.69) is 17.4 Å². The van der Waals surface area contributed by atoms with E-state index in [0.717, 1.165) is 11.4 Å². The number of methoxy groups -OCH3 is 1. The van der Waals surface area contributed by atoms with E-state index in [-0.39, 0.29) is 0 Å². The summed E-state index contributed by atoms with van der Waals surface area (Å²) in [5.74, 6) is 1.87. The van der Waals surface area contributed by atoms with Gasteiger partial charge in [-0.25, -0.2) is 0 Å². The van der Waals surface area contributed by atoms with E-state index in [0.29, 0.717) is 17.7 Å². The second-order valence-electron chi connectivity index (χ2n) is 5.28. The lowest BCUT2D eigenvalue weighted by Gasteiger charge is -2.20. The summed E-state index contributed by atoms with van der Waals surface area (Å²) in [6.45, 7) is 0. The summed E-state index contributed by atoms with van der Waals surface area (Å²) < 4.78 is 5.21. The molecule has 0 aliphatic heterocycles. The molecule has 0 heterocycles. The average molecular weight is 269 g/mol. The van der Waals surface area contributed by atoms with Gasteiger partial charge in [0.25, 0.3) is 0 Å². The molecule has 1 unspecified atom stereocenters. The van der Waals surface area contributed by atoms with E-state index in [1.165, 1.54) is 18.4 Å². The molecule has 2 aromatic rings. The number of aromatic hydroxyl groups is 1. The number of hydrogen-bond acceptors (Lipinski definition) is 3. The molecule has 2 N–H and O–H groups in total. The van der Waals surface area contributed by atoms with Crippen LogP contribution in [0, 0.1) is 5.92 Å². The van der Waals surface area contributed by atoms with E-state index in [9.17, 15) is 5.11 Å². The van der Waals surface area contributed by atoms with Crippen molar-refractivity contribution in [3.63, 3.8) is 0 Å². The predicted molar refractivity (Wildman–Crippen MR) is 80.2 cm³/mol. The van der Waals surface area contributed by atoms with Crippen molar-refractivity contribution >= 4 is 5.69 Å². The lowest BCUT2D eigenvalue weighted by atomic mass is 10.0. The van der Waals surface area contributed by atoms with Crippen LogP contribution >= 0.6 is 0 Å². The number of nitrogens with one attached hydrogen (secondary N) is 1. The van der Waals surface area contributed by atoms with Crippen molar-refractivity contribution in [2.24, 2.45) is 5.92 Å². The Balaban J connectivity index is 1.79. The second-order valence-corrected chi connectivity index (χ2v) is 5.28. The molecular formula is C17H19NO2. The van der Waals surface area contributed by atoms with Crippen LogP contribution in [0.2, 0.25) is 0 Å². The number of phenolic OH excluding ortho intramolecular Hbond substituents is 1. The maximum atomic E-state index is 9.35. The molecule has 3 nitrogen and oxygen atoms in total. The van der Waals surface area contributed by atoms with E-state index < -0.39 is 0 Å². The van der Waals surface area contributed by atoms with Crippen LogP contribution in [-0.2, 0) is 0 Å². The molecule has 1 fully saturated rings. The Morgan fingerprint density at radius 3 is 2.25 bits per heavy atom. The number of phenols is 1. The van der Waals surface area contributed by atoms with Gasteiger partial charge in [0.1, 0.15) is 11.5 Å². The first-order valence-electron chi connectivity index (χ1n) is 6.96. The Kier molecular flexibility index (Phi) is 3.50. The zero-order valence-electron chi connectivity index (χ0n) is 11.5. The molecule has 1 atom stereocenters. The molecule has 3 rings (SSSR count). The fraction of sp³-hybridized carbons (Fsp3) is 0.294. The standard InChI is InChI=1S/C17H19NO2/c1-20-16-10-4-13(5-11-16)17(12-2-3-12)18-14-6-8-15(19)9-7-14/h4-12,17-19H,2-3H2,1H3. The Morgan fingerprint density at radius 2 is 1.70 bits per heavy atom. The van der Waals surface area contributed by atoms with Crippen molar-refractivity contribution in [1.82, 2.24) is 0 Å². The molecule has 2 aromatic carbocycles. The average Bonchev–Trinajstić information content (AvgIpc) is 3.31. The van der Waals surface area contributed by atoms with Crippen molar-refractivity contribution in [2.45, 2.75) is 18.9 Å². The summed E-state index contributed by atoms with van der Waals surface area (Å²) >= 11 is 0. The van der Waals surface area contributed by atoms with Crippen LogP contribution in [0.4, 0.5) is 5.69 Å². The van der Waals surface area contributed by atoms with Gasteiger partial charge in [-0.1, -0.05) is 12.1 Å². The van der Waals surface area contributed by atoms with E-state index in [1.807, 2.05) is 24.3 Å². The quantitative estimate of drug-likeness (QED) is 0.807. The molecule has 0 radical (unpaired) electrons. The highest BCUT2D eigenvalue weighted by Gasteiger charge is 2.32. The Morgan fingerprint density at radius 1 is 1.05 bits per heavy atom. The number of ether oxygens (including phenoxy) is 1. The summed E-state index contributed by atoms with van der Waals surface area (Å²) in [6.07, 6.45) is 2.53. The maximum absolute atomic E-state index is 9.35. The summed E-state index contributed by atoms with van der Waals surface area (Å²) in [5.41, 5.74) is 2.32. The number of anilines is 1. The molecule has 1 aliphatic carbocycles. The van der Waals surface area contributed by atoms with Crippen LogP contribution in [0.5, 0.6) is 11.5 Å². The molecular weight excluding hydrogens is 250 g/mol. The molecule has 1 saturated carbocycles. The number of benzene rings is 2. The summed E-state index contributed by atoms with van der Waals surface area (Å²) in [6, 6.07) is 15.8. The SMILES string of the molecule is COc1ccc(C(Nc2ccc(O)cc2)C2CC2)cc1. The van der Waals surface area contributed by atoms with Gasteiger partial charge in [0.05, 0.1) is 13.2 Å². The summed E-state index contributed by atoms with van der Waals surface area (Å²) in [5, 5.41) is 12.9. The maximum Gasteiger partial charge on any atom is 0.118 e. The smallest absolute Gasteiger partial charge is 0.118 e. The normalized spacial score (nSPS) is 15.7. The zero-order chi connectivity index (χ0) is 13.9. The van der Waals surface area contributed by atoms with E-state index >= 15 is 0 Å². The van der Waals surface area contributed by atoms with Crippen molar-refractivity contribution < 1.29 is 9.84 Å². The Labute approximate surface area is 119 Å². The highest BCUT2D eigenvalue weighted by molar-refractivity contribution is 5.48. The van der Waals surface area contributed by atoms with Crippen LogP contribution in [0.15, 0.2) is 48.5 Å². The fourth-order valence-electron chi connectivity index (χ4n) is 2.45. The highest BCUT2D eigenvalue weighted by atomic mass is 16.5. The number of rotatable bonds is 5. The second kappa shape index (κ2) is 5.45. The first kappa shape index (κ1) is 12.9. The predicted octanol–water partition coefficient (Wildman–Crippen LogP) is 3.96. The van der Waals surface area contributed by atoms with Gasteiger partial charge in [-0.2, -0.15) is 0 Å². The monoisotopic (exact) mass is 269 g/mol. The van der Waals surface area contributed by atoms with Gasteiger partial charge >= 0.3 is 0 Å². The third-order valence-electron chi connectivity index (χ3n) is 3.76. The van der Waals surface area contributed by atoms with Crippen molar-refractivity contribution in [3.8, 4) is 11.5 Å². The largest absolute Gasteiger partial charge is 0.508 e. The van der Waals surface area contributed by atoms with E-state index in [4.69, 9.17) is 4.74 Å². The van der Waals surface area contributed by atoms with Crippen LogP contribution in [-0.4, -0.2) is 12.2 Å². The molecule has 0 aromatic heterocycles.